The molecule has 1 aromatic heterocycles. The number of pyridine rings is 1. The average Bonchev–Trinajstić information content (AvgIpc) is 3.49. The number of carbonyl (C=O) groups excluding carboxylic acids is 2. The van der Waals surface area contributed by atoms with Crippen LogP contribution < -0.4 is 10.2 Å². The SMILES string of the molecule is CN(C(=O)C1CC1C(=O)Nc1cccc2cccnc12)c1ccccc1. The van der Waals surface area contributed by atoms with Crippen molar-refractivity contribution in [3.63, 3.8) is 0 Å². The molecule has 0 aliphatic heterocycles. The molecule has 5 heteroatoms. The predicted molar refractivity (Wildman–Crippen MR) is 102 cm³/mol. The molecule has 0 saturated heterocycles. The van der Waals surface area contributed by atoms with E-state index < -0.39 is 0 Å². The summed E-state index contributed by atoms with van der Waals surface area (Å²) in [5.74, 6) is -0.689. The highest BCUT2D eigenvalue weighted by molar-refractivity contribution is 6.06. The van der Waals surface area contributed by atoms with Crippen molar-refractivity contribution < 1.29 is 9.59 Å². The topological polar surface area (TPSA) is 62.3 Å². The Balaban J connectivity index is 1.45. The summed E-state index contributed by atoms with van der Waals surface area (Å²) in [6.07, 6.45) is 2.29. The number of amides is 2. The Labute approximate surface area is 151 Å². The monoisotopic (exact) mass is 345 g/mol. The van der Waals surface area contributed by atoms with Crippen molar-refractivity contribution in [1.29, 1.82) is 0 Å². The molecule has 1 fully saturated rings. The van der Waals surface area contributed by atoms with Gasteiger partial charge in [0.1, 0.15) is 0 Å². The number of nitrogens with one attached hydrogen (secondary N) is 1. The Hall–Kier alpha value is -3.21. The minimum absolute atomic E-state index is 0.0209. The van der Waals surface area contributed by atoms with Gasteiger partial charge in [-0.15, -0.1) is 0 Å². The van der Waals surface area contributed by atoms with Crippen molar-refractivity contribution in [3.05, 3.63) is 66.9 Å². The number of hydrogen-bond donors (Lipinski definition) is 1. The van der Waals surface area contributed by atoms with E-state index in [1.165, 1.54) is 0 Å². The van der Waals surface area contributed by atoms with E-state index in [2.05, 4.69) is 10.3 Å². The molecule has 0 spiro atoms. The molecule has 2 atom stereocenters. The molecule has 2 aromatic carbocycles. The smallest absolute Gasteiger partial charge is 0.230 e. The second-order valence-electron chi connectivity index (χ2n) is 6.55. The molecule has 2 amide bonds. The summed E-state index contributed by atoms with van der Waals surface area (Å²) in [5.41, 5.74) is 2.28. The van der Waals surface area contributed by atoms with Crippen molar-refractivity contribution in [2.24, 2.45) is 11.8 Å². The summed E-state index contributed by atoms with van der Waals surface area (Å²) in [7, 11) is 1.75. The van der Waals surface area contributed by atoms with Crippen LogP contribution in [0.2, 0.25) is 0 Å². The van der Waals surface area contributed by atoms with E-state index in [1.54, 1.807) is 18.1 Å². The summed E-state index contributed by atoms with van der Waals surface area (Å²) in [6, 6.07) is 19.0. The largest absolute Gasteiger partial charge is 0.324 e. The first-order valence-corrected chi connectivity index (χ1v) is 8.62. The van der Waals surface area contributed by atoms with Crippen molar-refractivity contribution in [3.8, 4) is 0 Å². The summed E-state index contributed by atoms with van der Waals surface area (Å²) in [6.45, 7) is 0. The number of carbonyl (C=O) groups is 2. The molecule has 1 saturated carbocycles. The van der Waals surface area contributed by atoms with Gasteiger partial charge in [0.15, 0.2) is 0 Å². The normalized spacial score (nSPS) is 18.3. The number of para-hydroxylation sites is 2. The molecule has 1 heterocycles. The van der Waals surface area contributed by atoms with Gasteiger partial charge < -0.3 is 10.2 Å². The number of anilines is 2. The fourth-order valence-corrected chi connectivity index (χ4v) is 3.22. The van der Waals surface area contributed by atoms with E-state index in [9.17, 15) is 9.59 Å². The zero-order chi connectivity index (χ0) is 18.1. The average molecular weight is 345 g/mol. The van der Waals surface area contributed by atoms with Crippen molar-refractivity contribution in [2.75, 3.05) is 17.3 Å². The molecule has 1 N–H and O–H groups in total. The van der Waals surface area contributed by atoms with Crippen molar-refractivity contribution in [2.45, 2.75) is 6.42 Å². The summed E-state index contributed by atoms with van der Waals surface area (Å²) < 4.78 is 0. The zero-order valence-corrected chi connectivity index (χ0v) is 14.4. The summed E-state index contributed by atoms with van der Waals surface area (Å²) in [5, 5.41) is 3.91. The molecule has 0 radical (unpaired) electrons. The van der Waals surface area contributed by atoms with Crippen LogP contribution in [0.4, 0.5) is 11.4 Å². The van der Waals surface area contributed by atoms with E-state index in [0.29, 0.717) is 12.1 Å². The van der Waals surface area contributed by atoms with Crippen LogP contribution in [0.1, 0.15) is 6.42 Å². The third-order valence-corrected chi connectivity index (χ3v) is 4.81. The lowest BCUT2D eigenvalue weighted by Gasteiger charge is -2.17. The van der Waals surface area contributed by atoms with Crippen LogP contribution in [0.15, 0.2) is 66.9 Å². The number of nitrogens with zero attached hydrogens (tertiary/aromatic N) is 2. The molecule has 5 nitrogen and oxygen atoms in total. The third kappa shape index (κ3) is 3.04. The molecule has 0 bridgehead atoms. The molecule has 130 valence electrons. The van der Waals surface area contributed by atoms with Crippen LogP contribution in [0.25, 0.3) is 10.9 Å². The summed E-state index contributed by atoms with van der Waals surface area (Å²) >= 11 is 0. The maximum atomic E-state index is 12.6. The van der Waals surface area contributed by atoms with Gasteiger partial charge in [0, 0.05) is 24.3 Å². The van der Waals surface area contributed by atoms with Crippen LogP contribution in [-0.4, -0.2) is 23.8 Å². The number of aromatic nitrogens is 1. The third-order valence-electron chi connectivity index (χ3n) is 4.81. The maximum Gasteiger partial charge on any atom is 0.230 e. The number of benzene rings is 2. The van der Waals surface area contributed by atoms with Gasteiger partial charge in [-0.25, -0.2) is 0 Å². The van der Waals surface area contributed by atoms with Crippen LogP contribution in [0.5, 0.6) is 0 Å². The maximum absolute atomic E-state index is 12.6. The van der Waals surface area contributed by atoms with E-state index in [-0.39, 0.29) is 23.7 Å². The number of fused-ring (bicyclic) bond motifs is 1. The second-order valence-corrected chi connectivity index (χ2v) is 6.55. The van der Waals surface area contributed by atoms with Crippen LogP contribution in [-0.2, 0) is 9.59 Å². The lowest BCUT2D eigenvalue weighted by atomic mass is 10.2. The van der Waals surface area contributed by atoms with Gasteiger partial charge >= 0.3 is 0 Å². The predicted octanol–water partition coefficient (Wildman–Crippen LogP) is 3.47. The standard InChI is InChI=1S/C21H19N3O2/c1-24(15-9-3-2-4-10-15)21(26)17-13-16(17)20(25)23-18-11-5-7-14-8-6-12-22-19(14)18/h2-12,16-17H,13H2,1H3,(H,23,25). The Bertz CT molecular complexity index is 966. The Morgan fingerprint density at radius 3 is 2.58 bits per heavy atom. The minimum Gasteiger partial charge on any atom is -0.324 e. The molecule has 3 aromatic rings. The van der Waals surface area contributed by atoms with Gasteiger partial charge in [-0.2, -0.15) is 0 Å². The molecule has 26 heavy (non-hydrogen) atoms. The minimum atomic E-state index is -0.285. The van der Waals surface area contributed by atoms with Crippen molar-refractivity contribution in [1.82, 2.24) is 4.98 Å². The van der Waals surface area contributed by atoms with Gasteiger partial charge in [-0.1, -0.05) is 36.4 Å². The second kappa shape index (κ2) is 6.59. The van der Waals surface area contributed by atoms with Gasteiger partial charge in [0.05, 0.1) is 23.0 Å². The Morgan fingerprint density at radius 1 is 1.00 bits per heavy atom. The van der Waals surface area contributed by atoms with Crippen LogP contribution in [0, 0.1) is 11.8 Å². The molecular formula is C21H19N3O2. The van der Waals surface area contributed by atoms with Gasteiger partial charge in [-0.05, 0) is 30.7 Å². The van der Waals surface area contributed by atoms with Crippen LogP contribution >= 0.6 is 0 Å². The van der Waals surface area contributed by atoms with E-state index in [0.717, 1.165) is 16.6 Å². The number of rotatable bonds is 4. The van der Waals surface area contributed by atoms with Gasteiger partial charge in [0.25, 0.3) is 0 Å². The van der Waals surface area contributed by atoms with E-state index >= 15 is 0 Å². The first-order valence-electron chi connectivity index (χ1n) is 8.62. The lowest BCUT2D eigenvalue weighted by molar-refractivity contribution is -0.123. The fourth-order valence-electron chi connectivity index (χ4n) is 3.22. The van der Waals surface area contributed by atoms with Gasteiger partial charge in [0.2, 0.25) is 11.8 Å². The zero-order valence-electron chi connectivity index (χ0n) is 14.4. The first-order chi connectivity index (χ1) is 12.6. The Morgan fingerprint density at radius 2 is 1.77 bits per heavy atom. The van der Waals surface area contributed by atoms with E-state index in [4.69, 9.17) is 0 Å². The Kier molecular flexibility index (Phi) is 4.13. The van der Waals surface area contributed by atoms with E-state index in [1.807, 2.05) is 60.7 Å². The molecular weight excluding hydrogens is 326 g/mol. The van der Waals surface area contributed by atoms with Gasteiger partial charge in [-0.3, -0.25) is 14.6 Å². The first kappa shape index (κ1) is 16.3. The molecule has 4 rings (SSSR count). The van der Waals surface area contributed by atoms with Crippen molar-refractivity contribution >= 4 is 34.1 Å². The van der Waals surface area contributed by atoms with Crippen LogP contribution in [0.3, 0.4) is 0 Å². The fraction of sp³-hybridized carbons (Fsp3) is 0.190. The highest BCUT2D eigenvalue weighted by Gasteiger charge is 2.49. The molecule has 1 aliphatic carbocycles. The molecule has 2 unspecified atom stereocenters. The highest BCUT2D eigenvalue weighted by atomic mass is 16.2. The summed E-state index contributed by atoms with van der Waals surface area (Å²) in [4.78, 5) is 31.2. The number of hydrogen-bond acceptors (Lipinski definition) is 3. The lowest BCUT2D eigenvalue weighted by Crippen LogP contribution is -2.29. The highest BCUT2D eigenvalue weighted by Crippen LogP contribution is 2.41. The quantitative estimate of drug-likeness (QED) is 0.787. The molecule has 1 aliphatic rings.